The van der Waals surface area contributed by atoms with Crippen LogP contribution in [0.15, 0.2) is 54.6 Å². The highest BCUT2D eigenvalue weighted by atomic mass is 16.5. The summed E-state index contributed by atoms with van der Waals surface area (Å²) in [5.41, 5.74) is 2.92. The Bertz CT molecular complexity index is 571. The Balaban J connectivity index is 2.55. The molecule has 0 heterocycles. The molecular formula is C17H18O2. The van der Waals surface area contributed by atoms with Crippen molar-refractivity contribution >= 4 is 5.57 Å². The summed E-state index contributed by atoms with van der Waals surface area (Å²) < 4.78 is 5.24. The average molecular weight is 254 g/mol. The van der Waals surface area contributed by atoms with Gasteiger partial charge in [-0.05, 0) is 35.8 Å². The van der Waals surface area contributed by atoms with E-state index in [1.165, 1.54) is 0 Å². The smallest absolute Gasteiger partial charge is 0.123 e. The fourth-order valence-electron chi connectivity index (χ4n) is 2.06. The quantitative estimate of drug-likeness (QED) is 0.884. The first-order valence-corrected chi connectivity index (χ1v) is 6.39. The zero-order chi connectivity index (χ0) is 13.7. The molecule has 0 aromatic heterocycles. The van der Waals surface area contributed by atoms with Gasteiger partial charge in [0.25, 0.3) is 0 Å². The number of phenols is 1. The summed E-state index contributed by atoms with van der Waals surface area (Å²) in [6, 6.07) is 15.4. The highest BCUT2D eigenvalue weighted by Gasteiger charge is 2.10. The molecule has 0 aliphatic carbocycles. The van der Waals surface area contributed by atoms with Gasteiger partial charge in [-0.25, -0.2) is 0 Å². The van der Waals surface area contributed by atoms with Crippen LogP contribution >= 0.6 is 0 Å². The lowest BCUT2D eigenvalue weighted by atomic mass is 9.96. The minimum atomic E-state index is 0.268. The molecule has 0 spiro atoms. The van der Waals surface area contributed by atoms with Crippen LogP contribution in [0.25, 0.3) is 5.57 Å². The molecule has 0 saturated carbocycles. The second-order valence-corrected chi connectivity index (χ2v) is 4.28. The summed E-state index contributed by atoms with van der Waals surface area (Å²) in [4.78, 5) is 0. The van der Waals surface area contributed by atoms with Gasteiger partial charge < -0.3 is 9.84 Å². The Morgan fingerprint density at radius 3 is 2.53 bits per heavy atom. The van der Waals surface area contributed by atoms with Gasteiger partial charge in [-0.3, -0.25) is 0 Å². The molecule has 0 fully saturated rings. The molecule has 0 atom stereocenters. The zero-order valence-corrected chi connectivity index (χ0v) is 11.3. The number of hydrogen-bond acceptors (Lipinski definition) is 2. The standard InChI is InChI=1S/C17H18O2/c1-3-7-15(13-8-5-4-6-9-13)16-12-14(19-2)10-11-17(16)18/h4-12,18H,3H2,1-2H3/b15-7+. The van der Waals surface area contributed by atoms with Crippen molar-refractivity contribution in [3.63, 3.8) is 0 Å². The van der Waals surface area contributed by atoms with E-state index in [9.17, 15) is 5.11 Å². The van der Waals surface area contributed by atoms with E-state index in [0.717, 1.165) is 28.9 Å². The summed E-state index contributed by atoms with van der Waals surface area (Å²) >= 11 is 0. The fourth-order valence-corrected chi connectivity index (χ4v) is 2.06. The van der Waals surface area contributed by atoms with Crippen molar-refractivity contribution in [1.82, 2.24) is 0 Å². The minimum absolute atomic E-state index is 0.268. The summed E-state index contributed by atoms with van der Waals surface area (Å²) in [5.74, 6) is 1.01. The van der Waals surface area contributed by atoms with E-state index in [0.29, 0.717) is 0 Å². The molecule has 2 rings (SSSR count). The second-order valence-electron chi connectivity index (χ2n) is 4.28. The van der Waals surface area contributed by atoms with Crippen LogP contribution in [0.1, 0.15) is 24.5 Å². The van der Waals surface area contributed by atoms with Crippen LogP contribution in [0.2, 0.25) is 0 Å². The molecule has 0 saturated heterocycles. The summed E-state index contributed by atoms with van der Waals surface area (Å²) in [5, 5.41) is 10.1. The van der Waals surface area contributed by atoms with Crippen LogP contribution in [0.3, 0.4) is 0 Å². The van der Waals surface area contributed by atoms with Gasteiger partial charge >= 0.3 is 0 Å². The van der Waals surface area contributed by atoms with Crippen LogP contribution in [0, 0.1) is 0 Å². The highest BCUT2D eigenvalue weighted by molar-refractivity contribution is 5.83. The van der Waals surface area contributed by atoms with Crippen LogP contribution < -0.4 is 4.74 Å². The maximum atomic E-state index is 10.1. The van der Waals surface area contributed by atoms with E-state index < -0.39 is 0 Å². The maximum absolute atomic E-state index is 10.1. The third-order valence-electron chi connectivity index (χ3n) is 2.99. The van der Waals surface area contributed by atoms with Crippen LogP contribution in [-0.4, -0.2) is 12.2 Å². The molecule has 0 radical (unpaired) electrons. The van der Waals surface area contributed by atoms with Crippen molar-refractivity contribution < 1.29 is 9.84 Å². The normalized spacial score (nSPS) is 11.4. The zero-order valence-electron chi connectivity index (χ0n) is 11.3. The SMILES string of the molecule is CC/C=C(\c1ccccc1)c1cc(OC)ccc1O. The molecule has 19 heavy (non-hydrogen) atoms. The second kappa shape index (κ2) is 6.10. The van der Waals surface area contributed by atoms with E-state index in [1.807, 2.05) is 36.4 Å². The molecule has 98 valence electrons. The Hall–Kier alpha value is -2.22. The molecule has 2 nitrogen and oxygen atoms in total. The van der Waals surface area contributed by atoms with Crippen LogP contribution in [-0.2, 0) is 0 Å². The van der Waals surface area contributed by atoms with Crippen LogP contribution in [0.5, 0.6) is 11.5 Å². The van der Waals surface area contributed by atoms with Crippen molar-refractivity contribution in [2.24, 2.45) is 0 Å². The topological polar surface area (TPSA) is 29.5 Å². The average Bonchev–Trinajstić information content (AvgIpc) is 2.47. The number of ether oxygens (including phenoxy) is 1. The lowest BCUT2D eigenvalue weighted by Crippen LogP contribution is -1.91. The van der Waals surface area contributed by atoms with E-state index in [1.54, 1.807) is 19.2 Å². The van der Waals surface area contributed by atoms with Gasteiger partial charge in [0.1, 0.15) is 11.5 Å². The number of allylic oxidation sites excluding steroid dienone is 1. The lowest BCUT2D eigenvalue weighted by Gasteiger charge is -2.12. The lowest BCUT2D eigenvalue weighted by molar-refractivity contribution is 0.412. The van der Waals surface area contributed by atoms with Gasteiger partial charge in [-0.1, -0.05) is 43.3 Å². The van der Waals surface area contributed by atoms with Gasteiger partial charge in [0, 0.05) is 5.56 Å². The van der Waals surface area contributed by atoms with Crippen molar-refractivity contribution in [2.75, 3.05) is 7.11 Å². The first-order valence-electron chi connectivity index (χ1n) is 6.39. The molecule has 0 aliphatic heterocycles. The molecular weight excluding hydrogens is 236 g/mol. The molecule has 0 aliphatic rings. The number of benzene rings is 2. The molecule has 0 bridgehead atoms. The van der Waals surface area contributed by atoms with E-state index in [-0.39, 0.29) is 5.75 Å². The highest BCUT2D eigenvalue weighted by Crippen LogP contribution is 2.33. The predicted molar refractivity (Wildman–Crippen MR) is 78.5 cm³/mol. The number of phenolic OH excluding ortho intramolecular Hbond substituents is 1. The van der Waals surface area contributed by atoms with Gasteiger partial charge in [0.2, 0.25) is 0 Å². The van der Waals surface area contributed by atoms with Crippen molar-refractivity contribution in [3.05, 3.63) is 65.7 Å². The van der Waals surface area contributed by atoms with Gasteiger partial charge in [-0.2, -0.15) is 0 Å². The first-order chi connectivity index (χ1) is 9.26. The van der Waals surface area contributed by atoms with Gasteiger partial charge in [-0.15, -0.1) is 0 Å². The monoisotopic (exact) mass is 254 g/mol. The van der Waals surface area contributed by atoms with Crippen molar-refractivity contribution in [1.29, 1.82) is 0 Å². The number of aromatic hydroxyl groups is 1. The number of hydrogen-bond donors (Lipinski definition) is 1. The van der Waals surface area contributed by atoms with E-state index >= 15 is 0 Å². The maximum Gasteiger partial charge on any atom is 0.123 e. The van der Waals surface area contributed by atoms with E-state index in [4.69, 9.17) is 4.74 Å². The van der Waals surface area contributed by atoms with Gasteiger partial charge in [0.15, 0.2) is 0 Å². The summed E-state index contributed by atoms with van der Waals surface area (Å²) in [7, 11) is 1.63. The third-order valence-corrected chi connectivity index (χ3v) is 2.99. The summed E-state index contributed by atoms with van der Waals surface area (Å²) in [6.07, 6.45) is 3.02. The predicted octanol–water partition coefficient (Wildman–Crippen LogP) is 4.24. The molecule has 1 N–H and O–H groups in total. The van der Waals surface area contributed by atoms with Crippen molar-refractivity contribution in [2.45, 2.75) is 13.3 Å². The minimum Gasteiger partial charge on any atom is -0.507 e. The Morgan fingerprint density at radius 1 is 1.16 bits per heavy atom. The number of rotatable bonds is 4. The fraction of sp³-hybridized carbons (Fsp3) is 0.176. The third kappa shape index (κ3) is 2.97. The molecule has 0 amide bonds. The number of methoxy groups -OCH3 is 1. The largest absolute Gasteiger partial charge is 0.507 e. The first kappa shape index (κ1) is 13.2. The molecule has 2 aromatic carbocycles. The van der Waals surface area contributed by atoms with E-state index in [2.05, 4.69) is 13.0 Å². The Kier molecular flexibility index (Phi) is 4.24. The molecule has 2 heteroatoms. The molecule has 0 unspecified atom stereocenters. The van der Waals surface area contributed by atoms with Gasteiger partial charge in [0.05, 0.1) is 7.11 Å². The molecule has 2 aromatic rings. The Morgan fingerprint density at radius 2 is 1.89 bits per heavy atom. The Labute approximate surface area is 114 Å². The van der Waals surface area contributed by atoms with Crippen molar-refractivity contribution in [3.8, 4) is 11.5 Å². The summed E-state index contributed by atoms with van der Waals surface area (Å²) in [6.45, 7) is 2.08. The van der Waals surface area contributed by atoms with Crippen LogP contribution in [0.4, 0.5) is 0 Å².